The van der Waals surface area contributed by atoms with Gasteiger partial charge in [0.1, 0.15) is 5.84 Å². The van der Waals surface area contributed by atoms with Gasteiger partial charge in [0, 0.05) is 55.2 Å². The van der Waals surface area contributed by atoms with E-state index in [9.17, 15) is 4.79 Å². The molecule has 1 saturated heterocycles. The van der Waals surface area contributed by atoms with Crippen LogP contribution in [0.2, 0.25) is 0 Å². The molecule has 0 bridgehead atoms. The van der Waals surface area contributed by atoms with Crippen molar-refractivity contribution in [3.8, 4) is 11.3 Å². The summed E-state index contributed by atoms with van der Waals surface area (Å²) in [6.45, 7) is 8.85. The first-order valence-corrected chi connectivity index (χ1v) is 9.77. The van der Waals surface area contributed by atoms with Crippen LogP contribution in [0.4, 0.5) is 5.69 Å². The van der Waals surface area contributed by atoms with Crippen LogP contribution in [0.15, 0.2) is 77.2 Å². The highest BCUT2D eigenvalue weighted by Crippen LogP contribution is 2.25. The third-order valence-corrected chi connectivity index (χ3v) is 4.86. The number of nitrogens with one attached hydrogen (secondary N) is 2. The van der Waals surface area contributed by atoms with Crippen molar-refractivity contribution in [2.75, 3.05) is 31.6 Å². The number of pyridine rings is 2. The molecule has 4 heterocycles. The van der Waals surface area contributed by atoms with Crippen molar-refractivity contribution in [1.29, 1.82) is 0 Å². The molecule has 2 N–H and O–H groups in total. The molecule has 0 amide bonds. The van der Waals surface area contributed by atoms with Gasteiger partial charge in [0.05, 0.1) is 24.6 Å². The standard InChI is InChI=1S/C22H24N6O2/c1-3-20(27-10-12-30-13-11-27)25-15-16(2)26-18-4-5-19(28-9-8-24-22(18)28)17-6-7-23-21(29)14-17/h3-9,14-15,26H,1,10-13H2,2H3,(H,23,29)/b16-15+,25-20+. The molecule has 0 radical (unpaired) electrons. The lowest BCUT2D eigenvalue weighted by Crippen LogP contribution is -2.39. The number of morpholine rings is 1. The van der Waals surface area contributed by atoms with Gasteiger partial charge in [-0.25, -0.2) is 9.98 Å². The van der Waals surface area contributed by atoms with E-state index >= 15 is 0 Å². The molecule has 1 fully saturated rings. The number of amidine groups is 1. The fourth-order valence-electron chi connectivity index (χ4n) is 3.41. The second-order valence-corrected chi connectivity index (χ2v) is 6.92. The van der Waals surface area contributed by atoms with Crippen molar-refractivity contribution >= 4 is 17.2 Å². The molecule has 8 nitrogen and oxygen atoms in total. The van der Waals surface area contributed by atoms with Gasteiger partial charge in [0.2, 0.25) is 5.56 Å². The topological polar surface area (TPSA) is 87.0 Å². The molecule has 0 aliphatic carbocycles. The smallest absolute Gasteiger partial charge is 0.248 e. The number of aromatic amines is 1. The molecule has 0 atom stereocenters. The van der Waals surface area contributed by atoms with E-state index in [1.807, 2.05) is 35.7 Å². The normalized spacial score (nSPS) is 15.4. The lowest BCUT2D eigenvalue weighted by atomic mass is 10.1. The van der Waals surface area contributed by atoms with Crippen LogP contribution in [0.25, 0.3) is 16.9 Å². The Morgan fingerprint density at radius 3 is 2.93 bits per heavy atom. The zero-order valence-corrected chi connectivity index (χ0v) is 16.8. The highest BCUT2D eigenvalue weighted by Gasteiger charge is 2.12. The summed E-state index contributed by atoms with van der Waals surface area (Å²) in [5.74, 6) is 0.829. The molecule has 0 unspecified atom stereocenters. The summed E-state index contributed by atoms with van der Waals surface area (Å²) < 4.78 is 7.35. The number of aromatic nitrogens is 3. The first-order chi connectivity index (χ1) is 14.7. The molecule has 3 aromatic heterocycles. The molecule has 30 heavy (non-hydrogen) atoms. The summed E-state index contributed by atoms with van der Waals surface area (Å²) in [7, 11) is 0. The van der Waals surface area contributed by atoms with E-state index in [0.29, 0.717) is 13.2 Å². The number of fused-ring (bicyclic) bond motifs is 1. The fraction of sp³-hybridized carbons (Fsp3) is 0.227. The van der Waals surface area contributed by atoms with Gasteiger partial charge in [-0.1, -0.05) is 6.58 Å². The lowest BCUT2D eigenvalue weighted by Gasteiger charge is -2.28. The monoisotopic (exact) mass is 404 g/mol. The van der Waals surface area contributed by atoms with Gasteiger partial charge in [-0.05, 0) is 31.2 Å². The quantitative estimate of drug-likeness (QED) is 0.504. The molecule has 0 saturated carbocycles. The SMILES string of the molecule is C=C/C(=N\C=C(/C)Nc1ccc(-c2cc[nH]c(=O)c2)n2ccnc12)N1CCOCC1. The van der Waals surface area contributed by atoms with E-state index in [1.54, 1.807) is 30.7 Å². The Kier molecular flexibility index (Phi) is 5.76. The molecule has 154 valence electrons. The molecular formula is C22H24N6O2. The number of aliphatic imine (C=N–C) groups is 1. The predicted octanol–water partition coefficient (Wildman–Crippen LogP) is 2.88. The zero-order chi connectivity index (χ0) is 20.9. The number of nitrogens with zero attached hydrogens (tertiary/aromatic N) is 4. The number of H-pyrrole nitrogens is 1. The summed E-state index contributed by atoms with van der Waals surface area (Å²) in [6, 6.07) is 7.36. The van der Waals surface area contributed by atoms with E-state index in [-0.39, 0.29) is 5.56 Å². The van der Waals surface area contributed by atoms with Crippen LogP contribution >= 0.6 is 0 Å². The van der Waals surface area contributed by atoms with Gasteiger partial charge in [0.25, 0.3) is 0 Å². The van der Waals surface area contributed by atoms with Gasteiger partial charge in [0.15, 0.2) is 5.65 Å². The fourth-order valence-corrected chi connectivity index (χ4v) is 3.41. The summed E-state index contributed by atoms with van der Waals surface area (Å²) in [6.07, 6.45) is 8.81. The minimum atomic E-state index is -0.141. The Morgan fingerprint density at radius 1 is 1.33 bits per heavy atom. The molecular weight excluding hydrogens is 380 g/mol. The summed E-state index contributed by atoms with van der Waals surface area (Å²) in [5, 5.41) is 3.37. The maximum atomic E-state index is 11.7. The third-order valence-electron chi connectivity index (χ3n) is 4.86. The maximum absolute atomic E-state index is 11.7. The number of anilines is 1. The van der Waals surface area contributed by atoms with E-state index in [2.05, 4.69) is 31.8 Å². The summed E-state index contributed by atoms with van der Waals surface area (Å²) in [4.78, 5) is 25.5. The maximum Gasteiger partial charge on any atom is 0.248 e. The number of allylic oxidation sites excluding steroid dienone is 1. The zero-order valence-electron chi connectivity index (χ0n) is 16.8. The van der Waals surface area contributed by atoms with E-state index in [0.717, 1.165) is 47.2 Å². The van der Waals surface area contributed by atoms with E-state index in [4.69, 9.17) is 4.74 Å². The molecule has 0 aromatic carbocycles. The van der Waals surface area contributed by atoms with Crippen molar-refractivity contribution < 1.29 is 4.74 Å². The Hall–Kier alpha value is -3.65. The number of rotatable bonds is 5. The van der Waals surface area contributed by atoms with Crippen LogP contribution in [-0.2, 0) is 4.74 Å². The molecule has 1 aliphatic heterocycles. The van der Waals surface area contributed by atoms with Gasteiger partial charge in [-0.3, -0.25) is 9.20 Å². The van der Waals surface area contributed by atoms with Crippen LogP contribution < -0.4 is 10.9 Å². The third kappa shape index (κ3) is 4.18. The van der Waals surface area contributed by atoms with Crippen LogP contribution in [0.5, 0.6) is 0 Å². The van der Waals surface area contributed by atoms with Gasteiger partial charge >= 0.3 is 0 Å². The van der Waals surface area contributed by atoms with Gasteiger partial charge in [-0.2, -0.15) is 0 Å². The van der Waals surface area contributed by atoms with Crippen LogP contribution in [-0.4, -0.2) is 51.4 Å². The first kappa shape index (κ1) is 19.7. The molecule has 1 aliphatic rings. The largest absolute Gasteiger partial charge is 0.378 e. The Morgan fingerprint density at radius 2 is 2.17 bits per heavy atom. The lowest BCUT2D eigenvalue weighted by molar-refractivity contribution is 0.0684. The summed E-state index contributed by atoms with van der Waals surface area (Å²) >= 11 is 0. The molecule has 3 aromatic rings. The minimum Gasteiger partial charge on any atom is -0.378 e. The molecule has 8 heteroatoms. The van der Waals surface area contributed by atoms with Crippen LogP contribution in [0, 0.1) is 0 Å². The highest BCUT2D eigenvalue weighted by atomic mass is 16.5. The van der Waals surface area contributed by atoms with Gasteiger partial charge in [-0.15, -0.1) is 0 Å². The number of imidazole rings is 1. The second-order valence-electron chi connectivity index (χ2n) is 6.92. The van der Waals surface area contributed by atoms with Gasteiger partial charge < -0.3 is 19.9 Å². The average Bonchev–Trinajstić information content (AvgIpc) is 3.25. The Labute approximate surface area is 174 Å². The number of hydrogen-bond donors (Lipinski definition) is 2. The highest BCUT2D eigenvalue weighted by molar-refractivity contribution is 5.93. The van der Waals surface area contributed by atoms with Crippen molar-refractivity contribution in [2.45, 2.75) is 6.92 Å². The van der Waals surface area contributed by atoms with Crippen molar-refractivity contribution in [3.63, 3.8) is 0 Å². The van der Waals surface area contributed by atoms with Crippen molar-refractivity contribution in [3.05, 3.63) is 77.8 Å². The molecule has 0 spiro atoms. The predicted molar refractivity (Wildman–Crippen MR) is 119 cm³/mol. The first-order valence-electron chi connectivity index (χ1n) is 9.77. The van der Waals surface area contributed by atoms with E-state index in [1.165, 1.54) is 0 Å². The number of hydrogen-bond acceptors (Lipinski definition) is 5. The summed E-state index contributed by atoms with van der Waals surface area (Å²) in [5.41, 5.74) is 4.06. The second kappa shape index (κ2) is 8.79. The van der Waals surface area contributed by atoms with Crippen molar-refractivity contribution in [2.24, 2.45) is 4.99 Å². The molecule has 4 rings (SSSR count). The van der Waals surface area contributed by atoms with Crippen LogP contribution in [0.3, 0.4) is 0 Å². The van der Waals surface area contributed by atoms with Crippen LogP contribution in [0.1, 0.15) is 6.92 Å². The number of ether oxygens (including phenoxy) is 1. The average molecular weight is 404 g/mol. The van der Waals surface area contributed by atoms with Crippen molar-refractivity contribution in [1.82, 2.24) is 19.3 Å². The Bertz CT molecular complexity index is 1170. The van der Waals surface area contributed by atoms with E-state index < -0.39 is 0 Å². The minimum absolute atomic E-state index is 0.141. The Balaban J connectivity index is 1.59.